The smallest absolute Gasteiger partial charge is 0.228 e. The Morgan fingerprint density at radius 2 is 1.47 bits per heavy atom. The molecule has 0 spiro atoms. The van der Waals surface area contributed by atoms with E-state index in [4.69, 9.17) is 9.47 Å². The summed E-state index contributed by atoms with van der Waals surface area (Å²) in [4.78, 5) is 65.7. The summed E-state index contributed by atoms with van der Waals surface area (Å²) in [5.41, 5.74) is 3.19. The van der Waals surface area contributed by atoms with E-state index in [1.54, 1.807) is 36.4 Å². The second-order valence-corrected chi connectivity index (χ2v) is 12.2. The zero-order valence-electron chi connectivity index (χ0n) is 27.7. The van der Waals surface area contributed by atoms with Gasteiger partial charge in [-0.15, -0.1) is 0 Å². The highest BCUT2D eigenvalue weighted by molar-refractivity contribution is 6.05. The molecule has 47 heavy (non-hydrogen) atoms. The third kappa shape index (κ3) is 12.3. The van der Waals surface area contributed by atoms with Gasteiger partial charge in [0, 0.05) is 60.5 Å². The first-order valence-corrected chi connectivity index (χ1v) is 16.9. The second kappa shape index (κ2) is 18.4. The summed E-state index contributed by atoms with van der Waals surface area (Å²) < 4.78 is 10.7. The number of nitrogens with one attached hydrogen (secondary N) is 3. The molecule has 0 aromatic heterocycles. The number of rotatable bonds is 22. The van der Waals surface area contributed by atoms with Crippen molar-refractivity contribution in [2.75, 3.05) is 55.4 Å². The van der Waals surface area contributed by atoms with E-state index in [9.17, 15) is 24.0 Å². The van der Waals surface area contributed by atoms with Crippen LogP contribution < -0.4 is 16.0 Å². The van der Waals surface area contributed by atoms with Gasteiger partial charge in [0.25, 0.3) is 0 Å². The molecule has 3 N–H and O–H groups in total. The van der Waals surface area contributed by atoms with Gasteiger partial charge in [-0.1, -0.05) is 26.3 Å². The van der Waals surface area contributed by atoms with Crippen LogP contribution in [0, 0.1) is 0 Å². The van der Waals surface area contributed by atoms with Crippen LogP contribution in [0.1, 0.15) is 97.9 Å². The Kier molecular flexibility index (Phi) is 14.1. The number of Topliss-reactive ketones (excluding diaryl/α,β-unsaturated/α-hetero) is 2. The molecule has 0 bridgehead atoms. The number of benzene rings is 2. The van der Waals surface area contributed by atoms with Crippen LogP contribution >= 0.6 is 0 Å². The van der Waals surface area contributed by atoms with Crippen molar-refractivity contribution >= 4 is 46.4 Å². The Morgan fingerprint density at radius 1 is 0.830 bits per heavy atom. The maximum absolute atomic E-state index is 13.2. The van der Waals surface area contributed by atoms with Crippen molar-refractivity contribution in [1.29, 1.82) is 0 Å². The average molecular weight is 649 g/mol. The zero-order valence-corrected chi connectivity index (χ0v) is 27.7. The Bertz CT molecular complexity index is 1420. The summed E-state index contributed by atoms with van der Waals surface area (Å²) in [6, 6.07) is 10.0. The van der Waals surface area contributed by atoms with Gasteiger partial charge in [-0.25, -0.2) is 0 Å². The van der Waals surface area contributed by atoms with Crippen LogP contribution in [0.15, 0.2) is 36.4 Å². The first-order chi connectivity index (χ1) is 22.7. The van der Waals surface area contributed by atoms with E-state index in [2.05, 4.69) is 34.7 Å². The van der Waals surface area contributed by atoms with Crippen molar-refractivity contribution in [3.05, 3.63) is 53.1 Å². The number of hydrogen-bond donors (Lipinski definition) is 3. The van der Waals surface area contributed by atoms with E-state index < -0.39 is 5.91 Å². The fourth-order valence-electron chi connectivity index (χ4n) is 5.48. The van der Waals surface area contributed by atoms with Gasteiger partial charge in [-0.2, -0.15) is 0 Å². The minimum atomic E-state index is -0.405. The van der Waals surface area contributed by atoms with Crippen molar-refractivity contribution in [2.24, 2.45) is 0 Å². The molecule has 2 aromatic rings. The number of anilines is 3. The van der Waals surface area contributed by atoms with Crippen molar-refractivity contribution in [2.45, 2.75) is 84.2 Å². The molecular formula is C36H48N4O7. The molecule has 1 atom stereocenters. The quantitative estimate of drug-likeness (QED) is 0.0875. The second-order valence-electron chi connectivity index (χ2n) is 12.2. The maximum Gasteiger partial charge on any atom is 0.228 e. The number of nitrogens with zero attached hydrogens (tertiary/aromatic N) is 1. The number of ether oxygens (including phenoxy) is 2. The lowest BCUT2D eigenvalue weighted by Crippen LogP contribution is -2.23. The molecule has 11 nitrogen and oxygen atoms in total. The molecule has 0 saturated carbocycles. The molecule has 2 aliphatic heterocycles. The number of unbranched alkanes of at least 4 members (excludes halogenated alkanes) is 3. The SMILES string of the molecule is CCN(CC)CCCCCC(=O)c1cc(NC(=O)CCC(=O)Nc2ccc3c(c2)NC(=O)C3)cc(C(=O)CCCCOCC2CO2)c1. The number of carbonyl (C=O) groups excluding carboxylic acids is 5. The van der Waals surface area contributed by atoms with E-state index in [-0.39, 0.29) is 42.3 Å². The molecule has 0 radical (unpaired) electrons. The third-order valence-corrected chi connectivity index (χ3v) is 8.38. The van der Waals surface area contributed by atoms with Gasteiger partial charge in [-0.3, -0.25) is 24.0 Å². The predicted octanol–water partition coefficient (Wildman–Crippen LogP) is 5.39. The lowest BCUT2D eigenvalue weighted by Gasteiger charge is -2.17. The van der Waals surface area contributed by atoms with Crippen LogP contribution in [0.2, 0.25) is 0 Å². The summed E-state index contributed by atoms with van der Waals surface area (Å²) in [6.07, 6.45) is 5.09. The Balaban J connectivity index is 1.31. The molecular weight excluding hydrogens is 600 g/mol. The van der Waals surface area contributed by atoms with Crippen molar-refractivity contribution in [3.63, 3.8) is 0 Å². The molecule has 254 valence electrons. The van der Waals surface area contributed by atoms with E-state index in [0.717, 1.165) is 57.5 Å². The number of amides is 3. The summed E-state index contributed by atoms with van der Waals surface area (Å²) in [5, 5.41) is 8.29. The molecule has 3 amide bonds. The molecule has 4 rings (SSSR count). The number of ketones is 2. The number of hydrogen-bond acceptors (Lipinski definition) is 8. The van der Waals surface area contributed by atoms with Gasteiger partial charge in [0.1, 0.15) is 6.10 Å². The molecule has 1 unspecified atom stereocenters. The standard InChI is InChI=1S/C36H48N4O7/c1-3-40(4-2)16-8-5-6-10-32(41)26-18-27(33(42)11-7-9-17-46-23-30-24-47-30)20-29(19-26)38-35(44)15-14-34(43)37-28-13-12-25-21-36(45)39-31(25)22-28/h12-13,18-20,22,30H,3-11,14-17,21,23-24H2,1-2H3,(H,37,43)(H,38,44)(H,39,45). The third-order valence-electron chi connectivity index (χ3n) is 8.38. The van der Waals surface area contributed by atoms with E-state index >= 15 is 0 Å². The van der Waals surface area contributed by atoms with Crippen molar-refractivity contribution < 1.29 is 33.4 Å². The first kappa shape index (κ1) is 35.9. The molecule has 2 aliphatic rings. The number of carbonyl (C=O) groups is 5. The molecule has 2 heterocycles. The van der Waals surface area contributed by atoms with E-state index in [1.807, 2.05) is 0 Å². The topological polar surface area (TPSA) is 146 Å². The number of fused-ring (bicyclic) bond motifs is 1. The average Bonchev–Trinajstić information content (AvgIpc) is 3.81. The summed E-state index contributed by atoms with van der Waals surface area (Å²) in [5.74, 6) is -1.02. The predicted molar refractivity (Wildman–Crippen MR) is 181 cm³/mol. The fraction of sp³-hybridized carbons (Fsp3) is 0.528. The van der Waals surface area contributed by atoms with Gasteiger partial charge in [0.05, 0.1) is 19.6 Å². The molecule has 2 aromatic carbocycles. The van der Waals surface area contributed by atoms with E-state index in [1.165, 1.54) is 0 Å². The monoisotopic (exact) mass is 648 g/mol. The van der Waals surface area contributed by atoms with Crippen LogP contribution in [0.4, 0.5) is 17.1 Å². The highest BCUT2D eigenvalue weighted by Crippen LogP contribution is 2.26. The Morgan fingerprint density at radius 3 is 2.11 bits per heavy atom. The van der Waals surface area contributed by atoms with Crippen molar-refractivity contribution in [1.82, 2.24) is 4.90 Å². The van der Waals surface area contributed by atoms with Gasteiger partial charge in [0.2, 0.25) is 17.7 Å². The highest BCUT2D eigenvalue weighted by Gasteiger charge is 2.22. The number of epoxide rings is 1. The minimum absolute atomic E-state index is 0.0673. The van der Waals surface area contributed by atoms with Crippen LogP contribution in [0.3, 0.4) is 0 Å². The lowest BCUT2D eigenvalue weighted by atomic mass is 9.98. The van der Waals surface area contributed by atoms with Crippen LogP contribution in [-0.4, -0.2) is 79.7 Å². The summed E-state index contributed by atoms with van der Waals surface area (Å²) in [7, 11) is 0. The van der Waals surface area contributed by atoms with Gasteiger partial charge in [-0.05, 0) is 81.2 Å². The lowest BCUT2D eigenvalue weighted by molar-refractivity contribution is -0.121. The molecule has 0 aliphatic carbocycles. The van der Waals surface area contributed by atoms with Crippen molar-refractivity contribution in [3.8, 4) is 0 Å². The van der Waals surface area contributed by atoms with Gasteiger partial charge < -0.3 is 30.3 Å². The summed E-state index contributed by atoms with van der Waals surface area (Å²) in [6.45, 7) is 9.17. The first-order valence-electron chi connectivity index (χ1n) is 16.9. The van der Waals surface area contributed by atoms with Gasteiger partial charge >= 0.3 is 0 Å². The zero-order chi connectivity index (χ0) is 33.6. The van der Waals surface area contributed by atoms with Crippen LogP contribution in [0.25, 0.3) is 0 Å². The maximum atomic E-state index is 13.2. The van der Waals surface area contributed by atoms with E-state index in [0.29, 0.717) is 67.1 Å². The molecule has 11 heteroatoms. The highest BCUT2D eigenvalue weighted by atomic mass is 16.6. The largest absolute Gasteiger partial charge is 0.379 e. The Labute approximate surface area is 277 Å². The minimum Gasteiger partial charge on any atom is -0.379 e. The Hall–Kier alpha value is -3.93. The fourth-order valence-corrected chi connectivity index (χ4v) is 5.48. The normalized spacial score (nSPS) is 14.9. The molecule has 1 fully saturated rings. The van der Waals surface area contributed by atoms with Crippen LogP contribution in [0.5, 0.6) is 0 Å². The molecule has 1 saturated heterocycles. The van der Waals surface area contributed by atoms with Gasteiger partial charge in [0.15, 0.2) is 11.6 Å². The summed E-state index contributed by atoms with van der Waals surface area (Å²) >= 11 is 0. The van der Waals surface area contributed by atoms with Crippen LogP contribution in [-0.2, 0) is 30.3 Å².